The Hall–Kier alpha value is -1.30. The lowest BCUT2D eigenvalue weighted by Crippen LogP contribution is -2.34. The molecule has 17 heavy (non-hydrogen) atoms. The highest BCUT2D eigenvalue weighted by Crippen LogP contribution is 2.25. The Balaban J connectivity index is 2.06. The Morgan fingerprint density at radius 3 is 2.59 bits per heavy atom. The normalized spacial score (nSPS) is 30.2. The highest BCUT2D eigenvalue weighted by atomic mass is 19.1. The van der Waals surface area contributed by atoms with E-state index in [1.807, 2.05) is 0 Å². The van der Waals surface area contributed by atoms with Gasteiger partial charge in [-0.2, -0.15) is 0 Å². The second-order valence-electron chi connectivity index (χ2n) is 3.99. The molecule has 0 spiro atoms. The third-order valence-corrected chi connectivity index (χ3v) is 2.76. The number of alkyl halides is 1. The Morgan fingerprint density at radius 2 is 2.06 bits per heavy atom. The van der Waals surface area contributed by atoms with E-state index in [-0.39, 0.29) is 6.42 Å². The SMILES string of the molecule is O=C(c1ccccc1)C(O)[C@@H]1C[C@@H](F)[C@@H](O)O1. The quantitative estimate of drug-likeness (QED) is 0.762. The van der Waals surface area contributed by atoms with E-state index in [9.17, 15) is 14.3 Å². The van der Waals surface area contributed by atoms with Crippen LogP contribution in [-0.2, 0) is 4.74 Å². The van der Waals surface area contributed by atoms with Crippen LogP contribution in [0.1, 0.15) is 16.8 Å². The van der Waals surface area contributed by atoms with Crippen LogP contribution in [0.3, 0.4) is 0 Å². The number of carbonyl (C=O) groups is 1. The molecule has 0 saturated carbocycles. The molecule has 92 valence electrons. The van der Waals surface area contributed by atoms with Crippen molar-refractivity contribution in [2.45, 2.75) is 31.1 Å². The highest BCUT2D eigenvalue weighted by molar-refractivity contribution is 5.99. The Bertz CT molecular complexity index is 385. The fourth-order valence-corrected chi connectivity index (χ4v) is 1.80. The maximum atomic E-state index is 13.0. The smallest absolute Gasteiger partial charge is 0.193 e. The van der Waals surface area contributed by atoms with Crippen LogP contribution in [0.5, 0.6) is 0 Å². The number of rotatable bonds is 3. The Labute approximate surface area is 97.6 Å². The summed E-state index contributed by atoms with van der Waals surface area (Å²) in [5, 5.41) is 18.8. The first kappa shape index (κ1) is 12.2. The predicted molar refractivity (Wildman–Crippen MR) is 57.2 cm³/mol. The number of carbonyl (C=O) groups excluding carboxylic acids is 1. The fourth-order valence-electron chi connectivity index (χ4n) is 1.80. The molecule has 1 aromatic carbocycles. The van der Waals surface area contributed by atoms with Gasteiger partial charge in [-0.3, -0.25) is 4.79 Å². The van der Waals surface area contributed by atoms with Crippen molar-refractivity contribution >= 4 is 5.78 Å². The van der Waals surface area contributed by atoms with Crippen molar-refractivity contribution in [3.8, 4) is 0 Å². The molecule has 1 aliphatic heterocycles. The first-order valence-electron chi connectivity index (χ1n) is 5.34. The molecule has 5 heteroatoms. The molecule has 2 rings (SSSR count). The van der Waals surface area contributed by atoms with Crippen molar-refractivity contribution in [3.63, 3.8) is 0 Å². The molecule has 0 bridgehead atoms. The summed E-state index contributed by atoms with van der Waals surface area (Å²) in [7, 11) is 0. The molecule has 0 aromatic heterocycles. The number of ketones is 1. The summed E-state index contributed by atoms with van der Waals surface area (Å²) < 4.78 is 17.8. The van der Waals surface area contributed by atoms with E-state index in [1.165, 1.54) is 0 Å². The van der Waals surface area contributed by atoms with Crippen LogP contribution in [-0.4, -0.2) is 40.7 Å². The average molecular weight is 240 g/mol. The van der Waals surface area contributed by atoms with Crippen LogP contribution in [0, 0.1) is 0 Å². The molecule has 0 radical (unpaired) electrons. The molecule has 0 amide bonds. The average Bonchev–Trinajstić information content (AvgIpc) is 2.69. The highest BCUT2D eigenvalue weighted by Gasteiger charge is 2.40. The van der Waals surface area contributed by atoms with Gasteiger partial charge in [-0.1, -0.05) is 30.3 Å². The lowest BCUT2D eigenvalue weighted by atomic mass is 10.0. The second-order valence-corrected chi connectivity index (χ2v) is 3.99. The fraction of sp³-hybridized carbons (Fsp3) is 0.417. The van der Waals surface area contributed by atoms with Crippen molar-refractivity contribution in [3.05, 3.63) is 35.9 Å². The minimum absolute atomic E-state index is 0.180. The van der Waals surface area contributed by atoms with Gasteiger partial charge in [0.15, 0.2) is 18.2 Å². The molecule has 4 nitrogen and oxygen atoms in total. The Kier molecular flexibility index (Phi) is 3.51. The van der Waals surface area contributed by atoms with Crippen LogP contribution >= 0.6 is 0 Å². The van der Waals surface area contributed by atoms with Gasteiger partial charge in [0, 0.05) is 12.0 Å². The van der Waals surface area contributed by atoms with E-state index >= 15 is 0 Å². The van der Waals surface area contributed by atoms with Crippen LogP contribution in [0.15, 0.2) is 30.3 Å². The zero-order valence-corrected chi connectivity index (χ0v) is 8.99. The molecule has 1 fully saturated rings. The number of hydrogen-bond donors (Lipinski definition) is 2. The van der Waals surface area contributed by atoms with Gasteiger partial charge in [0.05, 0.1) is 6.10 Å². The molecule has 1 saturated heterocycles. The first-order valence-corrected chi connectivity index (χ1v) is 5.34. The van der Waals surface area contributed by atoms with Crippen molar-refractivity contribution < 1.29 is 24.1 Å². The third-order valence-electron chi connectivity index (χ3n) is 2.76. The lowest BCUT2D eigenvalue weighted by Gasteiger charge is -2.16. The van der Waals surface area contributed by atoms with Crippen molar-refractivity contribution in [1.82, 2.24) is 0 Å². The summed E-state index contributed by atoms with van der Waals surface area (Å²) in [6.45, 7) is 0. The molecule has 0 aliphatic carbocycles. The number of halogens is 1. The monoisotopic (exact) mass is 240 g/mol. The van der Waals surface area contributed by atoms with Crippen LogP contribution < -0.4 is 0 Å². The zero-order valence-electron chi connectivity index (χ0n) is 8.99. The molecule has 1 unspecified atom stereocenters. The standard InChI is InChI=1S/C12H13FO4/c13-8-6-9(17-12(8)16)11(15)10(14)7-4-2-1-3-5-7/h1-5,8-9,11-12,15-16H,6H2/t8-,9+,11?,12+/m1/s1. The molecule has 1 heterocycles. The molecular formula is C12H13FO4. The second kappa shape index (κ2) is 4.91. The number of ether oxygens (including phenoxy) is 1. The van der Waals surface area contributed by atoms with Gasteiger partial charge in [0.1, 0.15) is 6.10 Å². The van der Waals surface area contributed by atoms with Gasteiger partial charge in [0.2, 0.25) is 0 Å². The van der Waals surface area contributed by atoms with E-state index < -0.39 is 30.5 Å². The summed E-state index contributed by atoms with van der Waals surface area (Å²) in [4.78, 5) is 11.8. The summed E-state index contributed by atoms with van der Waals surface area (Å²) in [6, 6.07) is 8.20. The predicted octanol–water partition coefficient (Wildman–Crippen LogP) is 0.676. The van der Waals surface area contributed by atoms with E-state index in [0.29, 0.717) is 5.56 Å². The zero-order chi connectivity index (χ0) is 12.4. The summed E-state index contributed by atoms with van der Waals surface area (Å²) in [5.74, 6) is -0.531. The number of benzene rings is 1. The lowest BCUT2D eigenvalue weighted by molar-refractivity contribution is -0.128. The number of hydrogen-bond acceptors (Lipinski definition) is 4. The van der Waals surface area contributed by atoms with Crippen LogP contribution in [0.25, 0.3) is 0 Å². The molecule has 4 atom stereocenters. The minimum Gasteiger partial charge on any atom is -0.382 e. The summed E-state index contributed by atoms with van der Waals surface area (Å²) >= 11 is 0. The molecule has 1 aromatic rings. The van der Waals surface area contributed by atoms with E-state index in [0.717, 1.165) is 0 Å². The van der Waals surface area contributed by atoms with Crippen molar-refractivity contribution in [1.29, 1.82) is 0 Å². The molecule has 2 N–H and O–H groups in total. The topological polar surface area (TPSA) is 66.8 Å². The van der Waals surface area contributed by atoms with Crippen LogP contribution in [0.2, 0.25) is 0 Å². The number of Topliss-reactive ketones (excluding diaryl/α,β-unsaturated/α-hetero) is 1. The molecular weight excluding hydrogens is 227 g/mol. The van der Waals surface area contributed by atoms with E-state index in [4.69, 9.17) is 9.84 Å². The minimum atomic E-state index is -1.56. The van der Waals surface area contributed by atoms with Crippen LogP contribution in [0.4, 0.5) is 4.39 Å². The van der Waals surface area contributed by atoms with Gasteiger partial charge in [-0.25, -0.2) is 4.39 Å². The van der Waals surface area contributed by atoms with E-state index in [2.05, 4.69) is 0 Å². The third kappa shape index (κ3) is 2.52. The van der Waals surface area contributed by atoms with Gasteiger partial charge in [0.25, 0.3) is 0 Å². The maximum absolute atomic E-state index is 13.0. The van der Waals surface area contributed by atoms with Crippen molar-refractivity contribution in [2.24, 2.45) is 0 Å². The number of aliphatic hydroxyl groups excluding tert-OH is 2. The van der Waals surface area contributed by atoms with Crippen molar-refractivity contribution in [2.75, 3.05) is 0 Å². The van der Waals surface area contributed by atoms with Gasteiger partial charge < -0.3 is 14.9 Å². The van der Waals surface area contributed by atoms with E-state index in [1.54, 1.807) is 30.3 Å². The maximum Gasteiger partial charge on any atom is 0.193 e. The van der Waals surface area contributed by atoms with Gasteiger partial charge >= 0.3 is 0 Å². The number of aliphatic hydroxyl groups is 2. The van der Waals surface area contributed by atoms with Gasteiger partial charge in [-0.15, -0.1) is 0 Å². The summed E-state index contributed by atoms with van der Waals surface area (Å²) in [5.41, 5.74) is 0.334. The van der Waals surface area contributed by atoms with Gasteiger partial charge in [-0.05, 0) is 0 Å². The first-order chi connectivity index (χ1) is 8.09. The molecule has 1 aliphatic rings. The largest absolute Gasteiger partial charge is 0.382 e. The summed E-state index contributed by atoms with van der Waals surface area (Å²) in [6.07, 6.45) is -5.74. The Morgan fingerprint density at radius 1 is 1.41 bits per heavy atom.